The molecule has 3 aliphatic rings. The molecule has 0 amide bonds. The van der Waals surface area contributed by atoms with E-state index in [4.69, 9.17) is 0 Å². The van der Waals surface area contributed by atoms with E-state index in [0.717, 1.165) is 35.9 Å². The Balaban J connectivity index is 1.46. The highest BCUT2D eigenvalue weighted by Crippen LogP contribution is 2.40. The van der Waals surface area contributed by atoms with Crippen LogP contribution in [0.4, 0.5) is 0 Å². The van der Waals surface area contributed by atoms with Crippen LogP contribution in [0.15, 0.2) is 0 Å². The molecule has 0 aromatic rings. The summed E-state index contributed by atoms with van der Waals surface area (Å²) >= 11 is 0. The van der Waals surface area contributed by atoms with Gasteiger partial charge in [-0.25, -0.2) is 0 Å². The van der Waals surface area contributed by atoms with E-state index >= 15 is 0 Å². The molecule has 0 N–H and O–H groups in total. The van der Waals surface area contributed by atoms with Crippen molar-refractivity contribution in [2.24, 2.45) is 17.8 Å². The quantitative estimate of drug-likeness (QED) is 0.743. The normalized spacial score (nSPS) is 36.1. The maximum absolute atomic E-state index is 2.84. The van der Waals surface area contributed by atoms with Crippen molar-refractivity contribution in [3.63, 3.8) is 0 Å². The van der Waals surface area contributed by atoms with Crippen LogP contribution in [-0.2, 0) is 0 Å². The molecule has 0 radical (unpaired) electrons. The summed E-state index contributed by atoms with van der Waals surface area (Å²) in [7, 11) is 0. The number of hydrogen-bond acceptors (Lipinski definition) is 2. The summed E-state index contributed by atoms with van der Waals surface area (Å²) in [4.78, 5) is 5.64. The first-order chi connectivity index (χ1) is 10.6. The van der Waals surface area contributed by atoms with Crippen LogP contribution < -0.4 is 0 Å². The van der Waals surface area contributed by atoms with Crippen molar-refractivity contribution in [1.82, 2.24) is 9.80 Å². The minimum absolute atomic E-state index is 0.754. The van der Waals surface area contributed by atoms with Gasteiger partial charge in [0.1, 0.15) is 0 Å². The predicted molar refractivity (Wildman–Crippen MR) is 95.1 cm³/mol. The average Bonchev–Trinajstić information content (AvgIpc) is 2.79. The van der Waals surface area contributed by atoms with Crippen LogP contribution in [0.5, 0.6) is 0 Å². The highest BCUT2D eigenvalue weighted by atomic mass is 15.2. The predicted octanol–water partition coefficient (Wildman–Crippen LogP) is 4.40. The summed E-state index contributed by atoms with van der Waals surface area (Å²) in [5.74, 6) is 2.92. The second-order valence-electron chi connectivity index (χ2n) is 8.79. The molecule has 3 fully saturated rings. The van der Waals surface area contributed by atoms with Crippen LogP contribution in [0, 0.1) is 17.8 Å². The first-order valence-corrected chi connectivity index (χ1v) is 10.1. The van der Waals surface area contributed by atoms with E-state index < -0.39 is 0 Å². The van der Waals surface area contributed by atoms with Crippen molar-refractivity contribution in [3.8, 4) is 0 Å². The second-order valence-corrected chi connectivity index (χ2v) is 8.79. The molecule has 3 aliphatic heterocycles. The first-order valence-electron chi connectivity index (χ1n) is 10.1. The standard InChI is InChI=1S/C20H38N2/c1-5-16(4)18-8-10-21(11-9-18)14-17-12-19-6-7-20(13-17)22(19)15(2)3/h15-20H,5-14H2,1-4H3. The van der Waals surface area contributed by atoms with E-state index in [1.165, 1.54) is 64.6 Å². The lowest BCUT2D eigenvalue weighted by Crippen LogP contribution is -2.49. The summed E-state index contributed by atoms with van der Waals surface area (Å²) in [5.41, 5.74) is 0. The van der Waals surface area contributed by atoms with Gasteiger partial charge in [-0.05, 0) is 83.2 Å². The molecule has 3 rings (SSSR count). The fourth-order valence-electron chi connectivity index (χ4n) is 5.72. The van der Waals surface area contributed by atoms with Gasteiger partial charge in [0.2, 0.25) is 0 Å². The average molecular weight is 307 g/mol. The van der Waals surface area contributed by atoms with Gasteiger partial charge >= 0.3 is 0 Å². The summed E-state index contributed by atoms with van der Waals surface area (Å²) < 4.78 is 0. The number of nitrogens with zero attached hydrogens (tertiary/aromatic N) is 2. The minimum atomic E-state index is 0.754. The molecule has 0 aromatic heterocycles. The largest absolute Gasteiger partial charge is 0.303 e. The zero-order chi connectivity index (χ0) is 15.7. The summed E-state index contributed by atoms with van der Waals surface area (Å²) in [6, 6.07) is 2.56. The van der Waals surface area contributed by atoms with E-state index in [2.05, 4.69) is 37.5 Å². The molecule has 22 heavy (non-hydrogen) atoms. The van der Waals surface area contributed by atoms with E-state index in [1.54, 1.807) is 0 Å². The van der Waals surface area contributed by atoms with Crippen molar-refractivity contribution >= 4 is 0 Å². The number of piperidine rings is 2. The number of hydrogen-bond donors (Lipinski definition) is 0. The maximum Gasteiger partial charge on any atom is 0.0105 e. The SMILES string of the molecule is CCC(C)C1CCN(CC2CC3CCC(C2)N3C(C)C)CC1. The van der Waals surface area contributed by atoms with Gasteiger partial charge in [0.25, 0.3) is 0 Å². The fourth-order valence-corrected chi connectivity index (χ4v) is 5.72. The summed E-state index contributed by atoms with van der Waals surface area (Å²) in [6.07, 6.45) is 10.1. The Morgan fingerprint density at radius 1 is 0.909 bits per heavy atom. The van der Waals surface area contributed by atoms with Gasteiger partial charge in [-0.2, -0.15) is 0 Å². The van der Waals surface area contributed by atoms with E-state index in [-0.39, 0.29) is 0 Å². The van der Waals surface area contributed by atoms with Crippen molar-refractivity contribution in [2.75, 3.05) is 19.6 Å². The smallest absolute Gasteiger partial charge is 0.0105 e. The Morgan fingerprint density at radius 2 is 1.50 bits per heavy atom. The zero-order valence-electron chi connectivity index (χ0n) is 15.4. The monoisotopic (exact) mass is 306 g/mol. The van der Waals surface area contributed by atoms with Gasteiger partial charge in [0, 0.05) is 24.7 Å². The lowest BCUT2D eigenvalue weighted by molar-refractivity contribution is 0.0496. The van der Waals surface area contributed by atoms with Gasteiger partial charge in [0.05, 0.1) is 0 Å². The maximum atomic E-state index is 2.84. The second kappa shape index (κ2) is 7.21. The third-order valence-corrected chi connectivity index (χ3v) is 7.08. The Morgan fingerprint density at radius 3 is 2.00 bits per heavy atom. The van der Waals surface area contributed by atoms with Gasteiger partial charge in [0.15, 0.2) is 0 Å². The Hall–Kier alpha value is -0.0800. The zero-order valence-corrected chi connectivity index (χ0v) is 15.4. The molecule has 0 saturated carbocycles. The van der Waals surface area contributed by atoms with Crippen LogP contribution in [0.3, 0.4) is 0 Å². The molecule has 3 unspecified atom stereocenters. The Labute approximate surface area is 138 Å². The number of likely N-dealkylation sites (tertiary alicyclic amines) is 1. The van der Waals surface area contributed by atoms with Gasteiger partial charge < -0.3 is 4.90 Å². The van der Waals surface area contributed by atoms with Crippen LogP contribution in [0.25, 0.3) is 0 Å². The number of fused-ring (bicyclic) bond motifs is 2. The highest BCUT2D eigenvalue weighted by Gasteiger charge is 2.42. The van der Waals surface area contributed by atoms with Crippen LogP contribution in [0.2, 0.25) is 0 Å². The summed E-state index contributed by atoms with van der Waals surface area (Å²) in [5, 5.41) is 0. The molecule has 2 bridgehead atoms. The lowest BCUT2D eigenvalue weighted by Gasteiger charge is -2.44. The summed E-state index contributed by atoms with van der Waals surface area (Å²) in [6.45, 7) is 13.7. The van der Waals surface area contributed by atoms with Crippen molar-refractivity contribution < 1.29 is 0 Å². The third-order valence-electron chi connectivity index (χ3n) is 7.08. The molecule has 3 saturated heterocycles. The molecule has 128 valence electrons. The van der Waals surface area contributed by atoms with Crippen LogP contribution in [0.1, 0.15) is 72.6 Å². The van der Waals surface area contributed by atoms with Crippen molar-refractivity contribution in [1.29, 1.82) is 0 Å². The lowest BCUT2D eigenvalue weighted by atomic mass is 9.83. The molecular weight excluding hydrogens is 268 g/mol. The molecule has 3 heterocycles. The number of rotatable bonds is 5. The fraction of sp³-hybridized carbons (Fsp3) is 1.00. The van der Waals surface area contributed by atoms with E-state index in [0.29, 0.717) is 0 Å². The van der Waals surface area contributed by atoms with Crippen molar-refractivity contribution in [3.05, 3.63) is 0 Å². The molecule has 2 nitrogen and oxygen atoms in total. The molecule has 0 aromatic carbocycles. The van der Waals surface area contributed by atoms with Gasteiger partial charge in [-0.15, -0.1) is 0 Å². The topological polar surface area (TPSA) is 6.48 Å². The molecule has 2 heteroatoms. The minimum Gasteiger partial charge on any atom is -0.303 e. The van der Waals surface area contributed by atoms with Crippen LogP contribution >= 0.6 is 0 Å². The highest BCUT2D eigenvalue weighted by molar-refractivity contribution is 4.97. The third kappa shape index (κ3) is 3.53. The van der Waals surface area contributed by atoms with Crippen molar-refractivity contribution in [2.45, 2.75) is 90.8 Å². The molecule has 0 spiro atoms. The van der Waals surface area contributed by atoms with Gasteiger partial charge in [-0.1, -0.05) is 20.3 Å². The molecular formula is C20H38N2. The first kappa shape index (κ1) is 16.8. The van der Waals surface area contributed by atoms with Gasteiger partial charge in [-0.3, -0.25) is 4.90 Å². The molecule has 0 aliphatic carbocycles. The Kier molecular flexibility index (Phi) is 5.50. The molecule has 3 atom stereocenters. The Bertz CT molecular complexity index is 332. The van der Waals surface area contributed by atoms with E-state index in [1.807, 2.05) is 0 Å². The van der Waals surface area contributed by atoms with Crippen LogP contribution in [-0.4, -0.2) is 47.6 Å². The van der Waals surface area contributed by atoms with E-state index in [9.17, 15) is 0 Å².